The number of para-hydroxylation sites is 1. The highest BCUT2D eigenvalue weighted by Crippen LogP contribution is 2.17. The maximum Gasteiger partial charge on any atom is 0.500 e. The van der Waals surface area contributed by atoms with E-state index in [9.17, 15) is 0 Å². The van der Waals surface area contributed by atoms with Crippen LogP contribution in [0.3, 0.4) is 0 Å². The molecule has 0 unspecified atom stereocenters. The highest BCUT2D eigenvalue weighted by atomic mass is 28.4. The van der Waals surface area contributed by atoms with E-state index in [1.165, 1.54) is 5.69 Å². The summed E-state index contributed by atoms with van der Waals surface area (Å²) in [5.41, 5.74) is 1.18. The first-order valence-corrected chi connectivity index (χ1v) is 11.1. The van der Waals surface area contributed by atoms with Crippen molar-refractivity contribution in [3.8, 4) is 0 Å². The van der Waals surface area contributed by atoms with Crippen LogP contribution in [0.5, 0.6) is 0 Å². The van der Waals surface area contributed by atoms with Crippen molar-refractivity contribution in [2.24, 2.45) is 0 Å². The van der Waals surface area contributed by atoms with Gasteiger partial charge in [-0.1, -0.05) is 18.2 Å². The van der Waals surface area contributed by atoms with Crippen LogP contribution in [-0.2, 0) is 13.3 Å². The monoisotopic (exact) mass is 354 g/mol. The minimum atomic E-state index is -2.47. The molecule has 24 heavy (non-hydrogen) atoms. The molecule has 138 valence electrons. The third kappa shape index (κ3) is 8.80. The number of hydrogen-bond donors (Lipinski definition) is 2. The Kier molecular flexibility index (Phi) is 11.8. The Morgan fingerprint density at radius 3 is 1.96 bits per heavy atom. The summed E-state index contributed by atoms with van der Waals surface area (Å²) in [5, 5.41) is 6.90. The Morgan fingerprint density at radius 2 is 1.38 bits per heavy atom. The Balaban J connectivity index is 2.12. The summed E-state index contributed by atoms with van der Waals surface area (Å²) < 4.78 is 17.6. The average molecular weight is 355 g/mol. The molecule has 0 aromatic heterocycles. The average Bonchev–Trinajstić information content (AvgIpc) is 2.59. The van der Waals surface area contributed by atoms with Crippen LogP contribution in [0.4, 0.5) is 5.69 Å². The van der Waals surface area contributed by atoms with Crippen molar-refractivity contribution in [2.75, 3.05) is 44.8 Å². The van der Waals surface area contributed by atoms with Gasteiger partial charge in [0.15, 0.2) is 0 Å². The van der Waals surface area contributed by atoms with Crippen LogP contribution in [0, 0.1) is 0 Å². The molecule has 0 aliphatic heterocycles. The molecular weight excluding hydrogens is 320 g/mol. The SMILES string of the molecule is CCO[Si](CCCNCCCNc1ccccc1)(OCC)OCC. The van der Waals surface area contributed by atoms with Crippen molar-refractivity contribution in [1.82, 2.24) is 5.32 Å². The molecule has 0 aliphatic carbocycles. The lowest BCUT2D eigenvalue weighted by Crippen LogP contribution is -2.46. The van der Waals surface area contributed by atoms with Gasteiger partial charge in [-0.15, -0.1) is 0 Å². The lowest BCUT2D eigenvalue weighted by molar-refractivity contribution is 0.0708. The summed E-state index contributed by atoms with van der Waals surface area (Å²) in [6, 6.07) is 11.2. The van der Waals surface area contributed by atoms with Crippen LogP contribution < -0.4 is 10.6 Å². The molecule has 0 aliphatic rings. The van der Waals surface area contributed by atoms with E-state index in [4.69, 9.17) is 13.3 Å². The second-order valence-electron chi connectivity index (χ2n) is 5.48. The van der Waals surface area contributed by atoms with Crippen LogP contribution in [0.2, 0.25) is 6.04 Å². The van der Waals surface area contributed by atoms with Crippen molar-refractivity contribution in [2.45, 2.75) is 39.7 Å². The minimum absolute atomic E-state index is 0.644. The molecule has 5 nitrogen and oxygen atoms in total. The Labute approximate surface area is 148 Å². The summed E-state index contributed by atoms with van der Waals surface area (Å²) in [7, 11) is -2.47. The summed E-state index contributed by atoms with van der Waals surface area (Å²) >= 11 is 0. The zero-order valence-corrected chi connectivity index (χ0v) is 16.5. The Morgan fingerprint density at radius 1 is 0.792 bits per heavy atom. The van der Waals surface area contributed by atoms with Crippen LogP contribution in [-0.4, -0.2) is 48.3 Å². The van der Waals surface area contributed by atoms with Crippen LogP contribution >= 0.6 is 0 Å². The molecule has 0 amide bonds. The van der Waals surface area contributed by atoms with Gasteiger partial charge in [0.25, 0.3) is 0 Å². The fraction of sp³-hybridized carbons (Fsp3) is 0.667. The second kappa shape index (κ2) is 13.4. The van der Waals surface area contributed by atoms with Crippen LogP contribution in [0.15, 0.2) is 30.3 Å². The molecule has 0 spiro atoms. The van der Waals surface area contributed by atoms with Gasteiger partial charge in [-0.2, -0.15) is 0 Å². The molecular formula is C18H34N2O3Si. The normalized spacial score (nSPS) is 11.6. The third-order valence-corrected chi connectivity index (χ3v) is 6.71. The Bertz CT molecular complexity index is 389. The maximum atomic E-state index is 5.86. The van der Waals surface area contributed by atoms with Gasteiger partial charge < -0.3 is 23.9 Å². The topological polar surface area (TPSA) is 51.8 Å². The lowest BCUT2D eigenvalue weighted by atomic mass is 10.3. The number of benzene rings is 1. The third-order valence-electron chi connectivity index (χ3n) is 3.56. The predicted molar refractivity (Wildman–Crippen MR) is 102 cm³/mol. The summed E-state index contributed by atoms with van der Waals surface area (Å²) in [6.07, 6.45) is 2.11. The van der Waals surface area contributed by atoms with Gasteiger partial charge in [-0.25, -0.2) is 0 Å². The molecule has 0 bridgehead atoms. The number of rotatable bonds is 15. The van der Waals surface area contributed by atoms with E-state index < -0.39 is 8.80 Å². The molecule has 0 heterocycles. The molecule has 6 heteroatoms. The molecule has 0 fully saturated rings. The number of hydrogen-bond acceptors (Lipinski definition) is 5. The van der Waals surface area contributed by atoms with E-state index in [0.29, 0.717) is 19.8 Å². The van der Waals surface area contributed by atoms with E-state index in [1.54, 1.807) is 0 Å². The zero-order valence-electron chi connectivity index (χ0n) is 15.5. The van der Waals surface area contributed by atoms with Gasteiger partial charge in [0, 0.05) is 38.1 Å². The smallest absolute Gasteiger partial charge is 0.385 e. The van der Waals surface area contributed by atoms with Crippen molar-refractivity contribution in [1.29, 1.82) is 0 Å². The lowest BCUT2D eigenvalue weighted by Gasteiger charge is -2.28. The molecule has 0 atom stereocenters. The molecule has 0 saturated heterocycles. The van der Waals surface area contributed by atoms with Crippen molar-refractivity contribution < 1.29 is 13.3 Å². The van der Waals surface area contributed by atoms with Gasteiger partial charge in [0.2, 0.25) is 0 Å². The molecule has 0 saturated carbocycles. The van der Waals surface area contributed by atoms with Crippen molar-refractivity contribution in [3.63, 3.8) is 0 Å². The van der Waals surface area contributed by atoms with E-state index in [-0.39, 0.29) is 0 Å². The molecule has 1 aromatic rings. The first kappa shape index (κ1) is 21.1. The first-order chi connectivity index (χ1) is 11.8. The van der Waals surface area contributed by atoms with Gasteiger partial charge in [0.05, 0.1) is 0 Å². The summed E-state index contributed by atoms with van der Waals surface area (Å²) in [6.45, 7) is 10.9. The molecule has 0 radical (unpaired) electrons. The Hall–Kier alpha value is -0.923. The zero-order chi connectivity index (χ0) is 17.5. The van der Waals surface area contributed by atoms with E-state index in [1.807, 2.05) is 39.0 Å². The highest BCUT2D eigenvalue weighted by molar-refractivity contribution is 6.60. The predicted octanol–water partition coefficient (Wildman–Crippen LogP) is 3.52. The first-order valence-electron chi connectivity index (χ1n) is 9.17. The van der Waals surface area contributed by atoms with Crippen molar-refractivity contribution >= 4 is 14.5 Å². The highest BCUT2D eigenvalue weighted by Gasteiger charge is 2.39. The fourth-order valence-electron chi connectivity index (χ4n) is 2.56. The van der Waals surface area contributed by atoms with E-state index in [2.05, 4.69) is 22.8 Å². The largest absolute Gasteiger partial charge is 0.500 e. The quantitative estimate of drug-likeness (QED) is 0.373. The maximum absolute atomic E-state index is 5.86. The second-order valence-corrected chi connectivity index (χ2v) is 8.21. The van der Waals surface area contributed by atoms with Crippen LogP contribution in [0.25, 0.3) is 0 Å². The van der Waals surface area contributed by atoms with Crippen molar-refractivity contribution in [3.05, 3.63) is 30.3 Å². The van der Waals surface area contributed by atoms with Gasteiger partial charge in [0.1, 0.15) is 0 Å². The van der Waals surface area contributed by atoms with E-state index in [0.717, 1.165) is 38.5 Å². The van der Waals surface area contributed by atoms with E-state index >= 15 is 0 Å². The summed E-state index contributed by atoms with van der Waals surface area (Å²) in [4.78, 5) is 0. The van der Waals surface area contributed by atoms with Gasteiger partial charge >= 0.3 is 8.80 Å². The van der Waals surface area contributed by atoms with Crippen LogP contribution in [0.1, 0.15) is 33.6 Å². The standard InChI is InChI=1S/C18H34N2O3Si/c1-4-21-24(22-5-2,23-6-3)17-11-15-19-14-10-16-20-18-12-8-7-9-13-18/h7-9,12-13,19-20H,4-6,10-11,14-17H2,1-3H3. The number of nitrogens with one attached hydrogen (secondary N) is 2. The molecule has 1 rings (SSSR count). The number of anilines is 1. The molecule has 2 N–H and O–H groups in total. The fourth-order valence-corrected chi connectivity index (χ4v) is 5.17. The minimum Gasteiger partial charge on any atom is -0.385 e. The van der Waals surface area contributed by atoms with Gasteiger partial charge in [-0.3, -0.25) is 0 Å². The summed E-state index contributed by atoms with van der Waals surface area (Å²) in [5.74, 6) is 0. The van der Waals surface area contributed by atoms with Gasteiger partial charge in [-0.05, 0) is 58.8 Å². The molecule has 1 aromatic carbocycles.